The summed E-state index contributed by atoms with van der Waals surface area (Å²) in [5.41, 5.74) is 2.62. The monoisotopic (exact) mass is 512 g/mol. The zero-order valence-electron chi connectivity index (χ0n) is 20.3. The van der Waals surface area contributed by atoms with E-state index in [0.717, 1.165) is 0 Å². The topological polar surface area (TPSA) is 152 Å². The van der Waals surface area contributed by atoms with Gasteiger partial charge in [0.25, 0.3) is 0 Å². The van der Waals surface area contributed by atoms with E-state index in [-0.39, 0.29) is 11.5 Å². The number of rotatable bonds is 7. The Bertz CT molecular complexity index is 1560. The Morgan fingerprint density at radius 1 is 0.763 bits per heavy atom. The average Bonchev–Trinajstić information content (AvgIpc) is 3.51. The van der Waals surface area contributed by atoms with Crippen molar-refractivity contribution in [3.05, 3.63) is 106 Å². The first kappa shape index (κ1) is 24.4. The molecule has 5 aromatic rings. The molecule has 3 aromatic carbocycles. The highest BCUT2D eigenvalue weighted by Crippen LogP contribution is 2.41. The van der Waals surface area contributed by atoms with E-state index < -0.39 is 11.7 Å². The van der Waals surface area contributed by atoms with Crippen molar-refractivity contribution < 1.29 is 14.6 Å². The first-order valence-electron chi connectivity index (χ1n) is 11.4. The van der Waals surface area contributed by atoms with Gasteiger partial charge in [-0.2, -0.15) is 10.2 Å². The molecular formula is C25H21FN10O2. The van der Waals surface area contributed by atoms with Gasteiger partial charge in [-0.1, -0.05) is 12.1 Å². The lowest BCUT2D eigenvalue weighted by Gasteiger charge is -2.22. The third-order valence-electron chi connectivity index (χ3n) is 5.75. The Morgan fingerprint density at radius 2 is 1.29 bits per heavy atom. The van der Waals surface area contributed by atoms with Crippen molar-refractivity contribution >= 4 is 12.4 Å². The molecule has 0 amide bonds. The van der Waals surface area contributed by atoms with Crippen molar-refractivity contribution in [3.63, 3.8) is 0 Å². The van der Waals surface area contributed by atoms with Crippen molar-refractivity contribution in [2.24, 2.45) is 10.2 Å². The fraction of sp³-hybridized carbons (Fsp3) is 0.120. The van der Waals surface area contributed by atoms with Gasteiger partial charge in [0.2, 0.25) is 0 Å². The molecule has 0 saturated carbocycles. The minimum Gasteiger partial charge on any atom is -0.508 e. The molecule has 0 aliphatic rings. The number of phenolic OH excluding ortho intramolecular Hbond substituents is 2. The number of aryl methyl sites for hydroxylation is 2. The van der Waals surface area contributed by atoms with Crippen LogP contribution in [-0.2, 0) is 0 Å². The van der Waals surface area contributed by atoms with Crippen molar-refractivity contribution in [2.75, 3.05) is 0 Å². The lowest BCUT2D eigenvalue weighted by Crippen LogP contribution is -2.07. The molecule has 13 heteroatoms. The molecule has 0 fully saturated rings. The lowest BCUT2D eigenvalue weighted by molar-refractivity contribution is 0.458. The van der Waals surface area contributed by atoms with Crippen LogP contribution in [0.5, 0.6) is 11.5 Å². The van der Waals surface area contributed by atoms with Gasteiger partial charge in [-0.15, -0.1) is 19.8 Å². The van der Waals surface area contributed by atoms with Crippen LogP contribution in [0.2, 0.25) is 0 Å². The summed E-state index contributed by atoms with van der Waals surface area (Å²) in [6.07, 6.45) is 3.07. The third-order valence-corrected chi connectivity index (χ3v) is 5.75. The van der Waals surface area contributed by atoms with Crippen LogP contribution in [0.25, 0.3) is 0 Å². The number of tetrazole rings is 2. The molecule has 0 atom stereocenters. The van der Waals surface area contributed by atoms with Crippen LogP contribution < -0.4 is 0 Å². The van der Waals surface area contributed by atoms with Crippen molar-refractivity contribution in [3.8, 4) is 11.5 Å². The van der Waals surface area contributed by atoms with Crippen molar-refractivity contribution in [2.45, 2.75) is 19.8 Å². The third kappa shape index (κ3) is 5.11. The van der Waals surface area contributed by atoms with E-state index in [1.807, 2.05) is 0 Å². The molecule has 0 radical (unpaired) electrons. The maximum Gasteiger partial charge on any atom is 0.173 e. The normalized spacial score (nSPS) is 11.8. The number of aromatic nitrogens is 8. The second-order valence-electron chi connectivity index (χ2n) is 8.34. The van der Waals surface area contributed by atoms with E-state index in [2.05, 4.69) is 41.3 Å². The molecule has 0 saturated heterocycles. The van der Waals surface area contributed by atoms with Crippen LogP contribution in [0, 0.1) is 19.7 Å². The maximum absolute atomic E-state index is 14.3. The SMILES string of the molecule is Cc1nnnn1/N=C/c1ccc(O)c(C(c2cccc(F)c2)c2cc(/C=N/n3nnnc3C)ccc2O)c1. The molecule has 38 heavy (non-hydrogen) atoms. The van der Waals surface area contributed by atoms with Crippen LogP contribution >= 0.6 is 0 Å². The quantitative estimate of drug-likeness (QED) is 0.249. The first-order chi connectivity index (χ1) is 18.4. The Hall–Kier alpha value is -5.33. The predicted octanol–water partition coefficient (Wildman–Crippen LogP) is 2.77. The fourth-order valence-corrected chi connectivity index (χ4v) is 3.89. The number of nitrogens with zero attached hydrogens (tertiary/aromatic N) is 10. The summed E-state index contributed by atoms with van der Waals surface area (Å²) >= 11 is 0. The molecule has 2 aromatic heterocycles. The predicted molar refractivity (Wildman–Crippen MR) is 135 cm³/mol. The van der Waals surface area contributed by atoms with Gasteiger partial charge in [-0.05, 0) is 99.9 Å². The zero-order chi connectivity index (χ0) is 26.6. The molecule has 0 aliphatic carbocycles. The van der Waals surface area contributed by atoms with Crippen LogP contribution in [0.15, 0.2) is 70.9 Å². The summed E-state index contributed by atoms with van der Waals surface area (Å²) in [5.74, 6) is -0.283. The Morgan fingerprint density at radius 3 is 1.74 bits per heavy atom. The van der Waals surface area contributed by atoms with E-state index in [9.17, 15) is 14.6 Å². The van der Waals surface area contributed by atoms with Crippen LogP contribution in [0.1, 0.15) is 45.4 Å². The van der Waals surface area contributed by atoms with Crippen LogP contribution in [0.3, 0.4) is 0 Å². The van der Waals surface area contributed by atoms with E-state index >= 15 is 0 Å². The molecule has 0 spiro atoms. The van der Waals surface area contributed by atoms with Gasteiger partial charge in [-0.25, -0.2) is 4.39 Å². The Kier molecular flexibility index (Phi) is 6.63. The molecular weight excluding hydrogens is 491 g/mol. The average molecular weight is 513 g/mol. The summed E-state index contributed by atoms with van der Waals surface area (Å²) in [6, 6.07) is 15.8. The van der Waals surface area contributed by atoms with Gasteiger partial charge in [0.15, 0.2) is 11.6 Å². The second-order valence-corrected chi connectivity index (χ2v) is 8.34. The molecule has 190 valence electrons. The largest absolute Gasteiger partial charge is 0.508 e. The van der Waals surface area contributed by atoms with Gasteiger partial charge in [0.1, 0.15) is 17.3 Å². The highest BCUT2D eigenvalue weighted by atomic mass is 19.1. The van der Waals surface area contributed by atoms with Crippen LogP contribution in [0.4, 0.5) is 4.39 Å². The molecule has 0 bridgehead atoms. The molecule has 0 unspecified atom stereocenters. The first-order valence-corrected chi connectivity index (χ1v) is 11.4. The van der Waals surface area contributed by atoms with E-state index in [1.165, 1.54) is 46.3 Å². The lowest BCUT2D eigenvalue weighted by atomic mass is 9.83. The van der Waals surface area contributed by atoms with Gasteiger partial charge in [-0.3, -0.25) is 0 Å². The fourth-order valence-electron chi connectivity index (χ4n) is 3.89. The molecule has 2 heterocycles. The smallest absolute Gasteiger partial charge is 0.173 e. The Labute approximate surface area is 215 Å². The minimum atomic E-state index is -0.739. The van der Waals surface area contributed by atoms with Crippen LogP contribution in [-0.4, -0.2) is 63.3 Å². The minimum absolute atomic E-state index is 0.0437. The van der Waals surface area contributed by atoms with Gasteiger partial charge >= 0.3 is 0 Å². The summed E-state index contributed by atoms with van der Waals surface area (Å²) in [4.78, 5) is 2.52. The summed E-state index contributed by atoms with van der Waals surface area (Å²) in [6.45, 7) is 3.42. The zero-order valence-corrected chi connectivity index (χ0v) is 20.3. The summed E-state index contributed by atoms with van der Waals surface area (Å²) in [5, 5.41) is 52.6. The Balaban J connectivity index is 1.61. The van der Waals surface area contributed by atoms with E-state index in [0.29, 0.717) is 39.5 Å². The van der Waals surface area contributed by atoms with Gasteiger partial charge in [0.05, 0.1) is 12.4 Å². The van der Waals surface area contributed by atoms with Crippen molar-refractivity contribution in [1.82, 2.24) is 40.6 Å². The second kappa shape index (κ2) is 10.3. The maximum atomic E-state index is 14.3. The van der Waals surface area contributed by atoms with Crippen molar-refractivity contribution in [1.29, 1.82) is 0 Å². The highest BCUT2D eigenvalue weighted by Gasteiger charge is 2.24. The molecule has 5 rings (SSSR count). The number of halogens is 1. The number of benzene rings is 3. The molecule has 2 N–H and O–H groups in total. The molecule has 12 nitrogen and oxygen atoms in total. The number of hydrogen-bond acceptors (Lipinski definition) is 10. The number of phenols is 2. The summed E-state index contributed by atoms with van der Waals surface area (Å²) < 4.78 is 14.3. The van der Waals surface area contributed by atoms with E-state index in [4.69, 9.17) is 0 Å². The standard InChI is InChI=1S/C25H21FN10O2/c1-15-29-31-33-35(15)27-13-17-6-8-23(37)21(10-17)25(19-4-3-5-20(26)12-19)22-11-18(7-9-24(22)38)14-28-36-16(2)30-32-34-36/h3-14,25,37-38H,1-2H3/b27-13+,28-14+. The van der Waals surface area contributed by atoms with Gasteiger partial charge < -0.3 is 10.2 Å². The highest BCUT2D eigenvalue weighted by molar-refractivity contribution is 5.82. The molecule has 0 aliphatic heterocycles. The number of hydrogen-bond donors (Lipinski definition) is 2. The van der Waals surface area contributed by atoms with E-state index in [1.54, 1.807) is 50.2 Å². The van der Waals surface area contributed by atoms with Gasteiger partial charge in [0, 0.05) is 17.0 Å². The summed E-state index contributed by atoms with van der Waals surface area (Å²) in [7, 11) is 0. The number of aromatic hydroxyl groups is 2.